The summed E-state index contributed by atoms with van der Waals surface area (Å²) in [6.07, 6.45) is 1.45. The third-order valence-corrected chi connectivity index (χ3v) is 5.09. The molecule has 0 unspecified atom stereocenters. The molecular formula is C23H17N3O5. The van der Waals surface area contributed by atoms with Crippen molar-refractivity contribution in [3.05, 3.63) is 105 Å². The number of anilines is 1. The molecule has 1 amide bonds. The molecular weight excluding hydrogens is 398 g/mol. The number of carbonyl (C=O) groups excluding carboxylic acids is 2. The van der Waals surface area contributed by atoms with Crippen molar-refractivity contribution in [1.82, 2.24) is 4.98 Å². The summed E-state index contributed by atoms with van der Waals surface area (Å²) in [4.78, 5) is 42.4. The zero-order valence-corrected chi connectivity index (χ0v) is 16.4. The van der Waals surface area contributed by atoms with Crippen molar-refractivity contribution < 1.29 is 19.6 Å². The van der Waals surface area contributed by atoms with E-state index in [0.717, 1.165) is 10.5 Å². The summed E-state index contributed by atoms with van der Waals surface area (Å²) in [5.74, 6) is -2.11. The number of aliphatic hydroxyl groups excluding tert-OH is 1. The van der Waals surface area contributed by atoms with Crippen LogP contribution in [0.25, 0.3) is 5.76 Å². The molecule has 8 heteroatoms. The molecule has 0 bridgehead atoms. The fraction of sp³-hybridized carbons (Fsp3) is 0.0870. The monoisotopic (exact) mass is 415 g/mol. The average molecular weight is 415 g/mol. The van der Waals surface area contributed by atoms with Crippen LogP contribution in [0.1, 0.15) is 22.7 Å². The number of aryl methyl sites for hydroxylation is 1. The first kappa shape index (κ1) is 20.0. The normalized spacial score (nSPS) is 17.7. The molecule has 8 nitrogen and oxygen atoms in total. The molecule has 1 saturated heterocycles. The predicted octanol–water partition coefficient (Wildman–Crippen LogP) is 3.92. The number of Topliss-reactive ketones (excluding diaryl/α,β-unsaturated/α-hetero) is 1. The third kappa shape index (κ3) is 3.44. The Balaban J connectivity index is 2.01. The van der Waals surface area contributed by atoms with Crippen molar-refractivity contribution >= 4 is 29.0 Å². The summed E-state index contributed by atoms with van der Waals surface area (Å²) >= 11 is 0. The molecule has 154 valence electrons. The molecule has 1 fully saturated rings. The second-order valence-electron chi connectivity index (χ2n) is 7.04. The molecule has 1 atom stereocenters. The third-order valence-electron chi connectivity index (χ3n) is 5.09. The molecule has 2 heterocycles. The van der Waals surface area contributed by atoms with E-state index in [1.165, 1.54) is 30.5 Å². The van der Waals surface area contributed by atoms with Gasteiger partial charge in [0.15, 0.2) is 0 Å². The number of aromatic nitrogens is 1. The molecule has 1 aliphatic rings. The van der Waals surface area contributed by atoms with Gasteiger partial charge in [-0.25, -0.2) is 4.98 Å². The number of nitrogens with zero attached hydrogens (tertiary/aromatic N) is 3. The lowest BCUT2D eigenvalue weighted by molar-refractivity contribution is -0.385. The van der Waals surface area contributed by atoms with E-state index in [1.54, 1.807) is 42.5 Å². The van der Waals surface area contributed by atoms with E-state index >= 15 is 0 Å². The molecule has 1 N–H and O–H groups in total. The van der Waals surface area contributed by atoms with Crippen LogP contribution in [0.15, 0.2) is 78.5 Å². The number of ketones is 1. The van der Waals surface area contributed by atoms with Crippen LogP contribution in [0.2, 0.25) is 0 Å². The van der Waals surface area contributed by atoms with Crippen LogP contribution in [0.4, 0.5) is 11.5 Å². The minimum Gasteiger partial charge on any atom is -0.507 e. The van der Waals surface area contributed by atoms with Gasteiger partial charge in [0.05, 0.1) is 16.1 Å². The highest BCUT2D eigenvalue weighted by molar-refractivity contribution is 6.51. The fourth-order valence-corrected chi connectivity index (χ4v) is 3.61. The van der Waals surface area contributed by atoms with Crippen LogP contribution in [0.5, 0.6) is 0 Å². The Morgan fingerprint density at radius 3 is 2.35 bits per heavy atom. The zero-order valence-electron chi connectivity index (χ0n) is 16.4. The smallest absolute Gasteiger partial charge is 0.301 e. The maximum atomic E-state index is 13.0. The molecule has 31 heavy (non-hydrogen) atoms. The van der Waals surface area contributed by atoms with Crippen LogP contribution in [0.3, 0.4) is 0 Å². The Morgan fingerprint density at radius 2 is 1.71 bits per heavy atom. The molecule has 0 aliphatic carbocycles. The lowest BCUT2D eigenvalue weighted by Crippen LogP contribution is -2.30. The van der Waals surface area contributed by atoms with Gasteiger partial charge in [-0.05, 0) is 25.1 Å². The Kier molecular flexibility index (Phi) is 5.04. The summed E-state index contributed by atoms with van der Waals surface area (Å²) in [5, 5.41) is 22.7. The van der Waals surface area contributed by atoms with Crippen molar-refractivity contribution in [3.8, 4) is 0 Å². The van der Waals surface area contributed by atoms with Gasteiger partial charge in [-0.3, -0.25) is 24.6 Å². The SMILES string of the molecule is Cc1ccc(/C(O)=C2\C(=O)C(=O)N(c3ccccn3)[C@H]2c2ccccc2[N+](=O)[O-])cc1. The highest BCUT2D eigenvalue weighted by atomic mass is 16.6. The highest BCUT2D eigenvalue weighted by Gasteiger charge is 2.49. The van der Waals surface area contributed by atoms with Gasteiger partial charge in [-0.1, -0.05) is 48.0 Å². The summed E-state index contributed by atoms with van der Waals surface area (Å²) in [7, 11) is 0. The van der Waals surface area contributed by atoms with Gasteiger partial charge < -0.3 is 5.11 Å². The topological polar surface area (TPSA) is 114 Å². The van der Waals surface area contributed by atoms with Crippen molar-refractivity contribution in [3.63, 3.8) is 0 Å². The largest absolute Gasteiger partial charge is 0.507 e. The van der Waals surface area contributed by atoms with Crippen LogP contribution >= 0.6 is 0 Å². The number of hydrogen-bond acceptors (Lipinski definition) is 6. The number of rotatable bonds is 4. The lowest BCUT2D eigenvalue weighted by atomic mass is 9.94. The number of nitro benzene ring substituents is 1. The van der Waals surface area contributed by atoms with Crippen LogP contribution < -0.4 is 4.90 Å². The van der Waals surface area contributed by atoms with E-state index in [9.17, 15) is 24.8 Å². The predicted molar refractivity (Wildman–Crippen MR) is 113 cm³/mol. The minimum absolute atomic E-state index is 0.103. The number of benzene rings is 2. The molecule has 0 saturated carbocycles. The average Bonchev–Trinajstić information content (AvgIpc) is 3.05. The molecule has 0 spiro atoms. The zero-order chi connectivity index (χ0) is 22.1. The summed E-state index contributed by atoms with van der Waals surface area (Å²) < 4.78 is 0. The van der Waals surface area contributed by atoms with Gasteiger partial charge in [0.2, 0.25) is 0 Å². The molecule has 4 rings (SSSR count). The quantitative estimate of drug-likeness (QED) is 0.227. The highest BCUT2D eigenvalue weighted by Crippen LogP contribution is 2.44. The van der Waals surface area contributed by atoms with Crippen molar-refractivity contribution in [2.75, 3.05) is 4.90 Å². The van der Waals surface area contributed by atoms with Gasteiger partial charge in [0.25, 0.3) is 11.5 Å². The van der Waals surface area contributed by atoms with E-state index in [0.29, 0.717) is 5.56 Å². The van der Waals surface area contributed by atoms with Crippen LogP contribution in [-0.4, -0.2) is 26.7 Å². The number of carbonyl (C=O) groups is 2. The Bertz CT molecular complexity index is 1220. The summed E-state index contributed by atoms with van der Waals surface area (Å²) in [6.45, 7) is 1.87. The maximum absolute atomic E-state index is 13.0. The summed E-state index contributed by atoms with van der Waals surface area (Å²) in [5.41, 5.74) is 0.874. The van der Waals surface area contributed by atoms with Gasteiger partial charge >= 0.3 is 5.91 Å². The Hall–Kier alpha value is -4.33. The lowest BCUT2D eigenvalue weighted by Gasteiger charge is -2.24. The van der Waals surface area contributed by atoms with E-state index in [1.807, 2.05) is 6.92 Å². The van der Waals surface area contributed by atoms with Crippen LogP contribution in [0, 0.1) is 17.0 Å². The maximum Gasteiger partial charge on any atom is 0.301 e. The Morgan fingerprint density at radius 1 is 1.03 bits per heavy atom. The van der Waals surface area contributed by atoms with Crippen molar-refractivity contribution in [2.45, 2.75) is 13.0 Å². The standard InChI is InChI=1S/C23H17N3O5/c1-14-9-11-15(12-10-14)21(27)19-20(16-6-2-3-7-17(16)26(30)31)25(23(29)22(19)28)18-8-4-5-13-24-18/h2-13,20,27H,1H3/b21-19+/t20-/m0/s1. The fourth-order valence-electron chi connectivity index (χ4n) is 3.61. The molecule has 0 radical (unpaired) electrons. The van der Waals surface area contributed by atoms with Gasteiger partial charge in [-0.2, -0.15) is 0 Å². The van der Waals surface area contributed by atoms with Crippen LogP contribution in [-0.2, 0) is 9.59 Å². The number of para-hydroxylation sites is 1. The number of amides is 1. The minimum atomic E-state index is -1.21. The van der Waals surface area contributed by atoms with E-state index in [4.69, 9.17) is 0 Å². The second-order valence-corrected chi connectivity index (χ2v) is 7.04. The van der Waals surface area contributed by atoms with Gasteiger partial charge in [0.1, 0.15) is 17.6 Å². The number of pyridine rings is 1. The second kappa shape index (κ2) is 7.83. The molecule has 3 aromatic rings. The molecule has 1 aliphatic heterocycles. The van der Waals surface area contributed by atoms with Crippen molar-refractivity contribution in [1.29, 1.82) is 0 Å². The first-order valence-electron chi connectivity index (χ1n) is 9.42. The molecule has 1 aromatic heterocycles. The number of nitro groups is 1. The number of aliphatic hydroxyl groups is 1. The molecule has 2 aromatic carbocycles. The van der Waals surface area contributed by atoms with E-state index in [-0.39, 0.29) is 22.6 Å². The Labute approximate surface area is 177 Å². The van der Waals surface area contributed by atoms with E-state index in [2.05, 4.69) is 4.98 Å². The first-order chi connectivity index (χ1) is 14.9. The van der Waals surface area contributed by atoms with Crippen molar-refractivity contribution in [2.24, 2.45) is 0 Å². The van der Waals surface area contributed by atoms with Gasteiger partial charge in [0, 0.05) is 17.8 Å². The number of hydrogen-bond donors (Lipinski definition) is 1. The van der Waals surface area contributed by atoms with Gasteiger partial charge in [-0.15, -0.1) is 0 Å². The van der Waals surface area contributed by atoms with E-state index < -0.39 is 28.4 Å². The summed E-state index contributed by atoms with van der Waals surface area (Å²) in [6, 6.07) is 16.2. The first-order valence-corrected chi connectivity index (χ1v) is 9.42.